The number of rotatable bonds is 8. The van der Waals surface area contributed by atoms with Crippen molar-refractivity contribution in [2.24, 2.45) is 0 Å². The number of esters is 1. The number of nitrogens with one attached hydrogen (secondary N) is 1. The molecule has 0 amide bonds. The number of benzene rings is 2. The number of allylic oxidation sites excluding steroid dienone is 3. The van der Waals surface area contributed by atoms with Crippen LogP contribution in [-0.4, -0.2) is 46.3 Å². The lowest BCUT2D eigenvalue weighted by Gasteiger charge is -2.37. The molecule has 0 fully saturated rings. The van der Waals surface area contributed by atoms with E-state index in [9.17, 15) is 9.59 Å². The van der Waals surface area contributed by atoms with Gasteiger partial charge in [0.2, 0.25) is 0 Å². The summed E-state index contributed by atoms with van der Waals surface area (Å²) >= 11 is 0. The molecule has 0 saturated heterocycles. The van der Waals surface area contributed by atoms with Gasteiger partial charge < -0.3 is 24.3 Å². The highest BCUT2D eigenvalue weighted by Gasteiger charge is 2.42. The molecule has 184 valence electrons. The maximum Gasteiger partial charge on any atom is 0.336 e. The Morgan fingerprint density at radius 1 is 0.914 bits per heavy atom. The lowest BCUT2D eigenvalue weighted by molar-refractivity contribution is -0.140. The molecule has 7 nitrogen and oxygen atoms in total. The number of dihydropyridines is 1. The molecule has 1 heterocycles. The predicted octanol–water partition coefficient (Wildman–Crippen LogP) is 4.26. The Hall–Kier alpha value is -3.58. The molecule has 4 rings (SSSR count). The summed E-state index contributed by atoms with van der Waals surface area (Å²) in [6.07, 6.45) is 0.939. The molecule has 1 aliphatic carbocycles. The van der Waals surface area contributed by atoms with E-state index >= 15 is 0 Å². The zero-order chi connectivity index (χ0) is 24.9. The Balaban J connectivity index is 1.79. The Bertz CT molecular complexity index is 1180. The summed E-state index contributed by atoms with van der Waals surface area (Å²) in [7, 11) is 4.77. The number of Topliss-reactive ketones (excluding diaryl/α,β-unsaturated/α-hetero) is 1. The van der Waals surface area contributed by atoms with Crippen LogP contribution in [-0.2, 0) is 19.1 Å². The van der Waals surface area contributed by atoms with Gasteiger partial charge in [-0.1, -0.05) is 36.4 Å². The lowest BCUT2D eigenvalue weighted by atomic mass is 9.71. The van der Waals surface area contributed by atoms with Crippen LogP contribution in [0.1, 0.15) is 42.7 Å². The maximum atomic E-state index is 13.8. The number of ketones is 1. The molecule has 0 radical (unpaired) electrons. The van der Waals surface area contributed by atoms with Gasteiger partial charge in [0.15, 0.2) is 5.78 Å². The minimum absolute atomic E-state index is 0.0137. The minimum Gasteiger partial charge on any atom is -0.496 e. The summed E-state index contributed by atoms with van der Waals surface area (Å²) < 4.78 is 21.7. The molecule has 35 heavy (non-hydrogen) atoms. The van der Waals surface area contributed by atoms with Crippen molar-refractivity contribution in [2.45, 2.75) is 31.6 Å². The van der Waals surface area contributed by atoms with Gasteiger partial charge in [-0.3, -0.25) is 4.79 Å². The molecule has 2 aromatic carbocycles. The van der Waals surface area contributed by atoms with Crippen LogP contribution in [0, 0.1) is 0 Å². The molecule has 2 atom stereocenters. The zero-order valence-corrected chi connectivity index (χ0v) is 20.6. The van der Waals surface area contributed by atoms with Gasteiger partial charge in [0, 0.05) is 42.0 Å². The largest absolute Gasteiger partial charge is 0.496 e. The third kappa shape index (κ3) is 4.82. The highest BCUT2D eigenvalue weighted by atomic mass is 16.6. The van der Waals surface area contributed by atoms with Gasteiger partial charge in [-0.05, 0) is 31.0 Å². The fourth-order valence-corrected chi connectivity index (χ4v) is 5.04. The van der Waals surface area contributed by atoms with E-state index in [2.05, 4.69) is 5.32 Å². The van der Waals surface area contributed by atoms with Crippen LogP contribution in [0.3, 0.4) is 0 Å². The summed E-state index contributed by atoms with van der Waals surface area (Å²) in [5, 5.41) is 3.37. The molecule has 0 bridgehead atoms. The van der Waals surface area contributed by atoms with Crippen molar-refractivity contribution >= 4 is 11.8 Å². The molecule has 0 aromatic heterocycles. The Morgan fingerprint density at radius 2 is 1.54 bits per heavy atom. The number of para-hydroxylation sites is 2. The van der Waals surface area contributed by atoms with E-state index < -0.39 is 11.9 Å². The summed E-state index contributed by atoms with van der Waals surface area (Å²) in [6, 6.07) is 15.3. The molecule has 2 unspecified atom stereocenters. The molecular weight excluding hydrogens is 446 g/mol. The number of hydrogen-bond donors (Lipinski definition) is 1. The van der Waals surface area contributed by atoms with E-state index in [0.717, 1.165) is 22.6 Å². The van der Waals surface area contributed by atoms with Crippen LogP contribution < -0.4 is 14.8 Å². The van der Waals surface area contributed by atoms with Gasteiger partial charge >= 0.3 is 5.97 Å². The van der Waals surface area contributed by atoms with Gasteiger partial charge in [-0.15, -0.1) is 0 Å². The minimum atomic E-state index is -0.594. The second-order valence-corrected chi connectivity index (χ2v) is 8.63. The van der Waals surface area contributed by atoms with Crippen molar-refractivity contribution in [1.29, 1.82) is 0 Å². The van der Waals surface area contributed by atoms with Crippen LogP contribution in [0.15, 0.2) is 71.1 Å². The SMILES string of the molecule is COCCOC(=O)C1=C(C)NC2=C(C(=O)CC(c3ccccc3OC)C2)C1c1ccccc1OC. The van der Waals surface area contributed by atoms with Crippen LogP contribution in [0.2, 0.25) is 0 Å². The molecule has 2 aliphatic rings. The molecule has 0 saturated carbocycles. The molecule has 1 aliphatic heterocycles. The van der Waals surface area contributed by atoms with Gasteiger partial charge in [-0.25, -0.2) is 4.79 Å². The van der Waals surface area contributed by atoms with Crippen molar-refractivity contribution < 1.29 is 28.5 Å². The van der Waals surface area contributed by atoms with Gasteiger partial charge in [-0.2, -0.15) is 0 Å². The standard InChI is InChI=1S/C28H31NO6/c1-17-25(28(31)35-14-13-32-2)26(20-10-6-8-12-24(20)34-4)27-21(29-17)15-18(16-22(27)30)19-9-5-7-11-23(19)33-3/h5-12,18,26,29H,13-16H2,1-4H3. The first-order valence-corrected chi connectivity index (χ1v) is 11.7. The summed E-state index contributed by atoms with van der Waals surface area (Å²) in [5.41, 5.74) is 4.23. The van der Waals surface area contributed by atoms with Crippen molar-refractivity contribution in [3.05, 3.63) is 82.2 Å². The van der Waals surface area contributed by atoms with E-state index in [-0.39, 0.29) is 24.9 Å². The first-order valence-electron chi connectivity index (χ1n) is 11.7. The highest BCUT2D eigenvalue weighted by molar-refractivity contribution is 6.04. The fraction of sp³-hybridized carbons (Fsp3) is 0.357. The molecule has 7 heteroatoms. The van der Waals surface area contributed by atoms with Crippen LogP contribution in [0.4, 0.5) is 0 Å². The zero-order valence-electron chi connectivity index (χ0n) is 20.6. The quantitative estimate of drug-likeness (QED) is 0.449. The summed E-state index contributed by atoms with van der Waals surface area (Å²) in [6.45, 7) is 2.26. The van der Waals surface area contributed by atoms with Gasteiger partial charge in [0.1, 0.15) is 18.1 Å². The highest BCUT2D eigenvalue weighted by Crippen LogP contribution is 2.48. The second kappa shape index (κ2) is 10.8. The Morgan fingerprint density at radius 3 is 2.20 bits per heavy atom. The average molecular weight is 478 g/mol. The van der Waals surface area contributed by atoms with Crippen molar-refractivity contribution in [1.82, 2.24) is 5.32 Å². The Labute approximate surface area is 205 Å². The maximum absolute atomic E-state index is 13.8. The van der Waals surface area contributed by atoms with E-state index in [0.29, 0.717) is 35.4 Å². The van der Waals surface area contributed by atoms with E-state index in [1.165, 1.54) is 0 Å². The number of ether oxygens (including phenoxy) is 4. The summed E-state index contributed by atoms with van der Waals surface area (Å²) in [4.78, 5) is 27.0. The van der Waals surface area contributed by atoms with E-state index in [4.69, 9.17) is 18.9 Å². The topological polar surface area (TPSA) is 83.1 Å². The molecule has 0 spiro atoms. The lowest BCUT2D eigenvalue weighted by Crippen LogP contribution is -2.36. The van der Waals surface area contributed by atoms with E-state index in [1.807, 2.05) is 55.5 Å². The van der Waals surface area contributed by atoms with E-state index in [1.54, 1.807) is 21.3 Å². The third-order valence-corrected chi connectivity index (χ3v) is 6.60. The monoisotopic (exact) mass is 477 g/mol. The predicted molar refractivity (Wildman–Crippen MR) is 131 cm³/mol. The van der Waals surface area contributed by atoms with Gasteiger partial charge in [0.25, 0.3) is 0 Å². The van der Waals surface area contributed by atoms with Crippen molar-refractivity contribution in [3.63, 3.8) is 0 Å². The first kappa shape index (κ1) is 24.5. The number of carbonyl (C=O) groups is 2. The van der Waals surface area contributed by atoms with Crippen LogP contribution in [0.25, 0.3) is 0 Å². The van der Waals surface area contributed by atoms with Crippen molar-refractivity contribution in [2.75, 3.05) is 34.5 Å². The number of carbonyl (C=O) groups excluding carboxylic acids is 2. The van der Waals surface area contributed by atoms with Crippen LogP contribution >= 0.6 is 0 Å². The molecule has 2 aromatic rings. The second-order valence-electron chi connectivity index (χ2n) is 8.63. The average Bonchev–Trinajstić information content (AvgIpc) is 2.87. The number of hydrogen-bond acceptors (Lipinski definition) is 7. The van der Waals surface area contributed by atoms with Gasteiger partial charge in [0.05, 0.1) is 32.3 Å². The Kier molecular flexibility index (Phi) is 7.56. The molecule has 1 N–H and O–H groups in total. The molecular formula is C28H31NO6. The number of methoxy groups -OCH3 is 3. The van der Waals surface area contributed by atoms with Crippen molar-refractivity contribution in [3.8, 4) is 11.5 Å². The van der Waals surface area contributed by atoms with Crippen LogP contribution in [0.5, 0.6) is 11.5 Å². The fourth-order valence-electron chi connectivity index (χ4n) is 5.04. The normalized spacial score (nSPS) is 19.7. The summed E-state index contributed by atoms with van der Waals surface area (Å²) in [5.74, 6) is 0.256. The smallest absolute Gasteiger partial charge is 0.336 e. The third-order valence-electron chi connectivity index (χ3n) is 6.60. The first-order chi connectivity index (χ1) is 17.0.